The topological polar surface area (TPSA) is 38.3 Å². The van der Waals surface area contributed by atoms with E-state index < -0.39 is 0 Å². The zero-order valence-electron chi connectivity index (χ0n) is 4.52. The van der Waals surface area contributed by atoms with Crippen LogP contribution in [0.1, 0.15) is 0 Å². The minimum absolute atomic E-state index is 0.222. The molecule has 1 N–H and O–H groups in total. The standard InChI is InChI=1S/C5H8NO2/c1-4(7)6-5-2-8-3-5/h5H,1-3H2,(H,6,7). The van der Waals surface area contributed by atoms with E-state index in [2.05, 4.69) is 12.2 Å². The lowest BCUT2D eigenvalue weighted by Gasteiger charge is -2.25. The molecule has 0 bridgehead atoms. The van der Waals surface area contributed by atoms with Crippen molar-refractivity contribution in [3.8, 4) is 0 Å². The van der Waals surface area contributed by atoms with Crippen LogP contribution in [-0.4, -0.2) is 25.2 Å². The summed E-state index contributed by atoms with van der Waals surface area (Å²) in [5.74, 6) is -0.224. The maximum absolute atomic E-state index is 10.2. The van der Waals surface area contributed by atoms with Crippen molar-refractivity contribution in [1.82, 2.24) is 5.32 Å². The van der Waals surface area contributed by atoms with Crippen LogP contribution >= 0.6 is 0 Å². The van der Waals surface area contributed by atoms with Gasteiger partial charge in [-0.3, -0.25) is 4.79 Å². The van der Waals surface area contributed by atoms with E-state index in [4.69, 9.17) is 4.74 Å². The van der Waals surface area contributed by atoms with Crippen LogP contribution in [0, 0.1) is 6.92 Å². The number of carbonyl (C=O) groups is 1. The van der Waals surface area contributed by atoms with E-state index in [1.165, 1.54) is 0 Å². The Morgan fingerprint density at radius 1 is 1.75 bits per heavy atom. The SMILES string of the molecule is [CH2]C(=O)NC1COC1. The van der Waals surface area contributed by atoms with E-state index in [9.17, 15) is 4.79 Å². The maximum atomic E-state index is 10.2. The van der Waals surface area contributed by atoms with Gasteiger partial charge in [-0.1, -0.05) is 0 Å². The Bertz CT molecular complexity index is 98.6. The summed E-state index contributed by atoms with van der Waals surface area (Å²) in [5.41, 5.74) is 0. The van der Waals surface area contributed by atoms with E-state index in [0.29, 0.717) is 13.2 Å². The van der Waals surface area contributed by atoms with Crippen LogP contribution in [0.3, 0.4) is 0 Å². The molecule has 0 unspecified atom stereocenters. The highest BCUT2D eigenvalue weighted by molar-refractivity contribution is 5.80. The molecule has 0 saturated carbocycles. The number of ether oxygens (including phenoxy) is 1. The molecule has 0 aromatic heterocycles. The summed E-state index contributed by atoms with van der Waals surface area (Å²) in [5, 5.41) is 2.60. The van der Waals surface area contributed by atoms with Crippen molar-refractivity contribution in [2.75, 3.05) is 13.2 Å². The van der Waals surface area contributed by atoms with Gasteiger partial charge in [0.05, 0.1) is 19.3 Å². The fourth-order valence-corrected chi connectivity index (χ4v) is 0.547. The largest absolute Gasteiger partial charge is 0.377 e. The Labute approximate surface area is 48.0 Å². The molecule has 0 aliphatic carbocycles. The van der Waals surface area contributed by atoms with Gasteiger partial charge in [0.1, 0.15) is 0 Å². The van der Waals surface area contributed by atoms with Crippen LogP contribution < -0.4 is 5.32 Å². The Hall–Kier alpha value is -0.570. The maximum Gasteiger partial charge on any atom is 0.220 e. The lowest BCUT2D eigenvalue weighted by molar-refractivity contribution is -0.120. The van der Waals surface area contributed by atoms with Gasteiger partial charge < -0.3 is 10.1 Å². The molecule has 1 amide bonds. The molecule has 45 valence electrons. The molecule has 8 heavy (non-hydrogen) atoms. The Balaban J connectivity index is 2.09. The second-order valence-electron chi connectivity index (χ2n) is 1.80. The zero-order valence-corrected chi connectivity index (χ0v) is 4.52. The van der Waals surface area contributed by atoms with E-state index in [1.807, 2.05) is 0 Å². The van der Waals surface area contributed by atoms with Crippen molar-refractivity contribution < 1.29 is 9.53 Å². The molecular weight excluding hydrogens is 106 g/mol. The highest BCUT2D eigenvalue weighted by atomic mass is 16.5. The summed E-state index contributed by atoms with van der Waals surface area (Å²) >= 11 is 0. The van der Waals surface area contributed by atoms with Crippen molar-refractivity contribution in [2.45, 2.75) is 6.04 Å². The van der Waals surface area contributed by atoms with E-state index in [-0.39, 0.29) is 11.9 Å². The number of hydrogen-bond acceptors (Lipinski definition) is 2. The van der Waals surface area contributed by atoms with Gasteiger partial charge in [0, 0.05) is 6.92 Å². The van der Waals surface area contributed by atoms with Crippen LogP contribution in [0.25, 0.3) is 0 Å². The van der Waals surface area contributed by atoms with E-state index in [0.717, 1.165) is 0 Å². The van der Waals surface area contributed by atoms with Crippen LogP contribution in [0.4, 0.5) is 0 Å². The van der Waals surface area contributed by atoms with Crippen molar-refractivity contribution in [2.24, 2.45) is 0 Å². The monoisotopic (exact) mass is 114 g/mol. The van der Waals surface area contributed by atoms with Crippen LogP contribution in [0.5, 0.6) is 0 Å². The van der Waals surface area contributed by atoms with Crippen LogP contribution in [0.2, 0.25) is 0 Å². The normalized spacial score (nSPS) is 19.6. The molecule has 1 fully saturated rings. The highest BCUT2D eigenvalue weighted by Gasteiger charge is 2.17. The molecule has 0 atom stereocenters. The summed E-state index contributed by atoms with van der Waals surface area (Å²) in [7, 11) is 0. The smallest absolute Gasteiger partial charge is 0.220 e. The first-order chi connectivity index (χ1) is 3.79. The molecule has 1 aliphatic rings. The number of amides is 1. The number of hydrogen-bond donors (Lipinski definition) is 1. The molecule has 0 aromatic carbocycles. The van der Waals surface area contributed by atoms with Gasteiger partial charge in [-0.05, 0) is 0 Å². The third-order valence-electron chi connectivity index (χ3n) is 1.00. The molecule has 0 spiro atoms. The predicted octanol–water partition coefficient (Wildman–Crippen LogP) is -0.665. The Morgan fingerprint density at radius 3 is 2.50 bits per heavy atom. The molecule has 1 rings (SSSR count). The predicted molar refractivity (Wildman–Crippen MR) is 28.1 cm³/mol. The minimum atomic E-state index is -0.224. The first-order valence-electron chi connectivity index (χ1n) is 2.49. The summed E-state index contributed by atoms with van der Waals surface area (Å²) in [6.07, 6.45) is 0. The van der Waals surface area contributed by atoms with E-state index in [1.54, 1.807) is 0 Å². The van der Waals surface area contributed by atoms with Crippen molar-refractivity contribution in [3.63, 3.8) is 0 Å². The van der Waals surface area contributed by atoms with Crippen molar-refractivity contribution in [1.29, 1.82) is 0 Å². The number of rotatable bonds is 1. The van der Waals surface area contributed by atoms with Crippen LogP contribution in [-0.2, 0) is 9.53 Å². The highest BCUT2D eigenvalue weighted by Crippen LogP contribution is 1.97. The van der Waals surface area contributed by atoms with E-state index >= 15 is 0 Å². The van der Waals surface area contributed by atoms with Crippen LogP contribution in [0.15, 0.2) is 0 Å². The van der Waals surface area contributed by atoms with Crippen molar-refractivity contribution >= 4 is 5.91 Å². The second-order valence-corrected chi connectivity index (χ2v) is 1.80. The lowest BCUT2D eigenvalue weighted by Crippen LogP contribution is -2.47. The third kappa shape index (κ3) is 1.20. The molecule has 0 aromatic rings. The van der Waals surface area contributed by atoms with Gasteiger partial charge in [0.2, 0.25) is 5.91 Å². The fraction of sp³-hybridized carbons (Fsp3) is 0.600. The van der Waals surface area contributed by atoms with Gasteiger partial charge in [0.15, 0.2) is 0 Å². The number of carbonyl (C=O) groups excluding carboxylic acids is 1. The van der Waals surface area contributed by atoms with Gasteiger partial charge in [-0.2, -0.15) is 0 Å². The second kappa shape index (κ2) is 2.13. The Kier molecular flexibility index (Phi) is 1.48. The molecule has 1 heterocycles. The van der Waals surface area contributed by atoms with Gasteiger partial charge in [0.25, 0.3) is 0 Å². The number of nitrogens with one attached hydrogen (secondary N) is 1. The molecular formula is C5H8NO2. The quantitative estimate of drug-likeness (QED) is 0.491. The zero-order chi connectivity index (χ0) is 5.98. The van der Waals surface area contributed by atoms with Crippen molar-refractivity contribution in [3.05, 3.63) is 6.92 Å². The summed E-state index contributed by atoms with van der Waals surface area (Å²) < 4.78 is 4.79. The summed E-state index contributed by atoms with van der Waals surface area (Å²) in [4.78, 5) is 10.2. The minimum Gasteiger partial charge on any atom is -0.377 e. The fourth-order valence-electron chi connectivity index (χ4n) is 0.547. The molecule has 1 saturated heterocycles. The third-order valence-corrected chi connectivity index (χ3v) is 1.00. The first-order valence-corrected chi connectivity index (χ1v) is 2.49. The summed E-state index contributed by atoms with van der Waals surface area (Å²) in [6, 6.07) is 0.222. The average Bonchev–Trinajstić information content (AvgIpc) is 1.55. The first kappa shape index (κ1) is 5.56. The Morgan fingerprint density at radius 2 is 2.38 bits per heavy atom. The lowest BCUT2D eigenvalue weighted by atomic mass is 10.2. The summed E-state index contributed by atoms with van der Waals surface area (Å²) in [6.45, 7) is 4.44. The molecule has 1 radical (unpaired) electrons. The van der Waals surface area contributed by atoms with Gasteiger partial charge >= 0.3 is 0 Å². The molecule has 3 nitrogen and oxygen atoms in total. The molecule has 3 heteroatoms. The van der Waals surface area contributed by atoms with Gasteiger partial charge in [-0.15, -0.1) is 0 Å². The average molecular weight is 114 g/mol. The van der Waals surface area contributed by atoms with Gasteiger partial charge in [-0.25, -0.2) is 0 Å². The molecule has 1 aliphatic heterocycles.